The van der Waals surface area contributed by atoms with Gasteiger partial charge in [-0.1, -0.05) is 41.4 Å². The van der Waals surface area contributed by atoms with Gasteiger partial charge in [-0.25, -0.2) is 4.79 Å². The molecule has 0 saturated heterocycles. The highest BCUT2D eigenvalue weighted by molar-refractivity contribution is 6.30. The van der Waals surface area contributed by atoms with Crippen LogP contribution in [0, 0.1) is 0 Å². The molecule has 2 aromatic heterocycles. The molecule has 0 bridgehead atoms. The van der Waals surface area contributed by atoms with E-state index in [1.807, 2.05) is 0 Å². The average Bonchev–Trinajstić information content (AvgIpc) is 2.82. The summed E-state index contributed by atoms with van der Waals surface area (Å²) >= 11 is 12.0. The molecule has 2 aromatic carbocycles. The van der Waals surface area contributed by atoms with E-state index in [1.165, 1.54) is 0 Å². The second kappa shape index (κ2) is 9.81. The molecule has 4 rings (SSSR count). The summed E-state index contributed by atoms with van der Waals surface area (Å²) in [7, 11) is 0. The third-order valence-electron chi connectivity index (χ3n) is 4.73. The second-order valence-electron chi connectivity index (χ2n) is 7.04. The maximum absolute atomic E-state index is 13.2. The minimum atomic E-state index is -0.816. The Morgan fingerprint density at radius 3 is 2.42 bits per heavy atom. The molecule has 0 fully saturated rings. The van der Waals surface area contributed by atoms with Crippen molar-refractivity contribution in [3.05, 3.63) is 121 Å². The summed E-state index contributed by atoms with van der Waals surface area (Å²) < 4.78 is 1.95. The number of hydrogen-bond donors (Lipinski definition) is 1. The smallest absolute Gasteiger partial charge is 0.345 e. The van der Waals surface area contributed by atoms with Crippen LogP contribution in [0.5, 0.6) is 0 Å². The minimum Gasteiger partial charge on any atom is -0.345 e. The van der Waals surface area contributed by atoms with Gasteiger partial charge in [0.05, 0.1) is 24.5 Å². The Labute approximate surface area is 198 Å². The van der Waals surface area contributed by atoms with Crippen molar-refractivity contribution < 1.29 is 4.79 Å². The van der Waals surface area contributed by atoms with Crippen LogP contribution in [0.15, 0.2) is 82.5 Å². The number of benzene rings is 2. The lowest BCUT2D eigenvalue weighted by Crippen LogP contribution is -2.46. The summed E-state index contributed by atoms with van der Waals surface area (Å²) in [5.74, 6) is -0.729. The number of pyridine rings is 1. The lowest BCUT2D eigenvalue weighted by molar-refractivity contribution is 0.0940. The van der Waals surface area contributed by atoms with Crippen LogP contribution in [0.2, 0.25) is 10.0 Å². The second-order valence-corrected chi connectivity index (χ2v) is 7.92. The SMILES string of the molecule is O=C(NCc1ccccn1)c1nn(-c2ccc(Cl)cc2)c(=O)n(Cc2cccc(Cl)c2)c1=O. The molecule has 10 heteroatoms. The van der Waals surface area contributed by atoms with Gasteiger partial charge in [0, 0.05) is 16.2 Å². The van der Waals surface area contributed by atoms with Crippen LogP contribution >= 0.6 is 23.2 Å². The molecule has 0 unspecified atom stereocenters. The molecule has 0 radical (unpaired) electrons. The Balaban J connectivity index is 1.78. The number of carbonyl (C=O) groups is 1. The van der Waals surface area contributed by atoms with Crippen LogP contribution in [0.1, 0.15) is 21.7 Å². The van der Waals surface area contributed by atoms with Gasteiger partial charge in [0.1, 0.15) is 0 Å². The number of amides is 1. The maximum Gasteiger partial charge on any atom is 0.352 e. The van der Waals surface area contributed by atoms with E-state index in [2.05, 4.69) is 15.4 Å². The molecular weight excluding hydrogens is 465 g/mol. The monoisotopic (exact) mass is 481 g/mol. The van der Waals surface area contributed by atoms with Crippen LogP contribution in [0.25, 0.3) is 5.69 Å². The van der Waals surface area contributed by atoms with E-state index in [9.17, 15) is 14.4 Å². The Morgan fingerprint density at radius 2 is 1.73 bits per heavy atom. The predicted molar refractivity (Wildman–Crippen MR) is 125 cm³/mol. The number of carbonyl (C=O) groups excluding carboxylic acids is 1. The van der Waals surface area contributed by atoms with Crippen LogP contribution < -0.4 is 16.6 Å². The average molecular weight is 482 g/mol. The standard InChI is InChI=1S/C23H17Cl2N5O3/c24-16-7-9-19(10-8-16)30-23(33)29(14-15-4-3-5-17(25)12-15)22(32)20(28-30)21(31)27-13-18-6-1-2-11-26-18/h1-12H,13-14H2,(H,27,31). The van der Waals surface area contributed by atoms with Crippen molar-refractivity contribution in [2.24, 2.45) is 0 Å². The molecule has 0 spiro atoms. The van der Waals surface area contributed by atoms with Crippen molar-refractivity contribution in [3.63, 3.8) is 0 Å². The molecule has 0 aliphatic carbocycles. The van der Waals surface area contributed by atoms with Crippen LogP contribution in [-0.4, -0.2) is 25.2 Å². The largest absolute Gasteiger partial charge is 0.352 e. The summed E-state index contributed by atoms with van der Waals surface area (Å²) in [6.45, 7) is 0.00398. The summed E-state index contributed by atoms with van der Waals surface area (Å²) in [6, 6.07) is 18.3. The van der Waals surface area contributed by atoms with Crippen molar-refractivity contribution >= 4 is 29.1 Å². The molecule has 0 aliphatic heterocycles. The molecule has 0 atom stereocenters. The van der Waals surface area contributed by atoms with E-state index < -0.39 is 22.9 Å². The van der Waals surface area contributed by atoms with Crippen LogP contribution in [-0.2, 0) is 13.1 Å². The molecule has 4 aromatic rings. The zero-order chi connectivity index (χ0) is 23.4. The zero-order valence-corrected chi connectivity index (χ0v) is 18.6. The number of aromatic nitrogens is 4. The molecule has 8 nitrogen and oxygen atoms in total. The van der Waals surface area contributed by atoms with Gasteiger partial charge >= 0.3 is 5.69 Å². The highest BCUT2D eigenvalue weighted by Crippen LogP contribution is 2.13. The highest BCUT2D eigenvalue weighted by Gasteiger charge is 2.20. The van der Waals surface area contributed by atoms with Gasteiger partial charge in [-0.05, 0) is 54.1 Å². The number of halogens is 2. The van der Waals surface area contributed by atoms with Crippen molar-refractivity contribution in [2.45, 2.75) is 13.1 Å². The Morgan fingerprint density at radius 1 is 0.939 bits per heavy atom. The Bertz CT molecular complexity index is 1420. The van der Waals surface area contributed by atoms with E-state index in [0.29, 0.717) is 27.0 Å². The normalized spacial score (nSPS) is 10.7. The van der Waals surface area contributed by atoms with E-state index in [0.717, 1.165) is 9.25 Å². The van der Waals surface area contributed by atoms with Gasteiger partial charge in [0.25, 0.3) is 11.5 Å². The van der Waals surface area contributed by atoms with Gasteiger partial charge in [0.15, 0.2) is 0 Å². The fraction of sp³-hybridized carbons (Fsp3) is 0.0870. The summed E-state index contributed by atoms with van der Waals surface area (Å²) in [5.41, 5.74) is -0.371. The van der Waals surface area contributed by atoms with Crippen molar-refractivity contribution in [2.75, 3.05) is 0 Å². The van der Waals surface area contributed by atoms with Crippen molar-refractivity contribution in [1.82, 2.24) is 24.6 Å². The molecule has 1 N–H and O–H groups in total. The minimum absolute atomic E-state index is 0.0884. The van der Waals surface area contributed by atoms with Crippen LogP contribution in [0.3, 0.4) is 0 Å². The number of rotatable bonds is 6. The van der Waals surface area contributed by atoms with E-state index in [-0.39, 0.29) is 13.1 Å². The van der Waals surface area contributed by atoms with Crippen molar-refractivity contribution in [1.29, 1.82) is 0 Å². The molecule has 1 amide bonds. The van der Waals surface area contributed by atoms with Gasteiger partial charge in [-0.15, -0.1) is 0 Å². The number of hydrogen-bond acceptors (Lipinski definition) is 5. The number of nitrogens with zero attached hydrogens (tertiary/aromatic N) is 4. The lowest BCUT2D eigenvalue weighted by Gasteiger charge is -2.12. The van der Waals surface area contributed by atoms with Crippen molar-refractivity contribution in [3.8, 4) is 5.69 Å². The topological polar surface area (TPSA) is 98.9 Å². The van der Waals surface area contributed by atoms with E-state index in [1.54, 1.807) is 72.9 Å². The summed E-state index contributed by atoms with van der Waals surface area (Å²) in [4.78, 5) is 43.3. The maximum atomic E-state index is 13.2. The predicted octanol–water partition coefficient (Wildman–Crippen LogP) is 3.07. The van der Waals surface area contributed by atoms with E-state index >= 15 is 0 Å². The Kier molecular flexibility index (Phi) is 6.67. The molecule has 33 heavy (non-hydrogen) atoms. The van der Waals surface area contributed by atoms with Gasteiger partial charge < -0.3 is 5.32 Å². The molecule has 0 aliphatic rings. The highest BCUT2D eigenvalue weighted by atomic mass is 35.5. The first-order chi connectivity index (χ1) is 15.9. The van der Waals surface area contributed by atoms with Gasteiger partial charge in [-0.3, -0.25) is 19.1 Å². The summed E-state index contributed by atoms with van der Waals surface area (Å²) in [6.07, 6.45) is 1.60. The summed E-state index contributed by atoms with van der Waals surface area (Å²) in [5, 5.41) is 7.63. The first-order valence-electron chi connectivity index (χ1n) is 9.85. The van der Waals surface area contributed by atoms with Gasteiger partial charge in [-0.2, -0.15) is 9.78 Å². The Hall–Kier alpha value is -3.75. The van der Waals surface area contributed by atoms with Gasteiger partial charge in [0.2, 0.25) is 5.69 Å². The molecule has 0 saturated carbocycles. The zero-order valence-electron chi connectivity index (χ0n) is 17.1. The fourth-order valence-corrected chi connectivity index (χ4v) is 3.46. The first-order valence-corrected chi connectivity index (χ1v) is 10.6. The third kappa shape index (κ3) is 5.19. The third-order valence-corrected chi connectivity index (χ3v) is 5.22. The number of nitrogens with one attached hydrogen (secondary N) is 1. The molecule has 166 valence electrons. The lowest BCUT2D eigenvalue weighted by atomic mass is 10.2. The van der Waals surface area contributed by atoms with Crippen LogP contribution in [0.4, 0.5) is 0 Å². The quantitative estimate of drug-likeness (QED) is 0.456. The molecular formula is C23H17Cl2N5O3. The first kappa shape index (κ1) is 22.4. The molecule has 2 heterocycles. The fourth-order valence-electron chi connectivity index (χ4n) is 3.12. The van der Waals surface area contributed by atoms with E-state index in [4.69, 9.17) is 23.2 Å².